The Morgan fingerprint density at radius 1 is 1.00 bits per heavy atom. The van der Waals surface area contributed by atoms with E-state index in [2.05, 4.69) is 10.2 Å². The van der Waals surface area contributed by atoms with Crippen molar-refractivity contribution in [1.82, 2.24) is 14.7 Å². The summed E-state index contributed by atoms with van der Waals surface area (Å²) in [5, 5.41) is 2.77. The summed E-state index contributed by atoms with van der Waals surface area (Å²) in [6.07, 6.45) is 4.57. The van der Waals surface area contributed by atoms with Gasteiger partial charge < -0.3 is 19.9 Å². The van der Waals surface area contributed by atoms with Crippen LogP contribution in [0.2, 0.25) is 0 Å². The van der Waals surface area contributed by atoms with Crippen molar-refractivity contribution < 1.29 is 18.7 Å². The van der Waals surface area contributed by atoms with Crippen LogP contribution in [0.3, 0.4) is 0 Å². The second kappa shape index (κ2) is 9.75. The number of piperazine rings is 1. The monoisotopic (exact) mass is 418 g/mol. The minimum Gasteiger partial charge on any atom is -0.378 e. The molecule has 8 heteroatoms. The number of nitrogens with zero attached hydrogens (tertiary/aromatic N) is 3. The Morgan fingerprint density at radius 2 is 1.70 bits per heavy atom. The van der Waals surface area contributed by atoms with Gasteiger partial charge in [0.2, 0.25) is 5.91 Å². The lowest BCUT2D eigenvalue weighted by Crippen LogP contribution is -2.59. The van der Waals surface area contributed by atoms with Gasteiger partial charge in [-0.15, -0.1) is 0 Å². The summed E-state index contributed by atoms with van der Waals surface area (Å²) in [4.78, 5) is 31.9. The Balaban J connectivity index is 1.37. The Kier molecular flexibility index (Phi) is 6.84. The zero-order valence-electron chi connectivity index (χ0n) is 17.4. The van der Waals surface area contributed by atoms with Crippen LogP contribution >= 0.6 is 0 Å². The predicted octanol–water partition coefficient (Wildman–Crippen LogP) is 2.39. The molecule has 1 atom stereocenters. The van der Waals surface area contributed by atoms with Crippen molar-refractivity contribution in [2.45, 2.75) is 31.7 Å². The number of hydrogen-bond acceptors (Lipinski definition) is 4. The van der Waals surface area contributed by atoms with Gasteiger partial charge in [0.15, 0.2) is 0 Å². The number of benzene rings is 1. The molecule has 1 aromatic rings. The lowest BCUT2D eigenvalue weighted by Gasteiger charge is -2.42. The zero-order chi connectivity index (χ0) is 20.9. The van der Waals surface area contributed by atoms with Gasteiger partial charge >= 0.3 is 6.03 Å². The highest BCUT2D eigenvalue weighted by atomic mass is 19.1. The Labute approximate surface area is 177 Å². The van der Waals surface area contributed by atoms with Crippen LogP contribution in [-0.2, 0) is 9.53 Å². The Bertz CT molecular complexity index is 742. The highest BCUT2D eigenvalue weighted by molar-refractivity contribution is 5.89. The normalized spacial score (nSPS) is 22.2. The first kappa shape index (κ1) is 21.1. The molecule has 7 nitrogen and oxygen atoms in total. The van der Waals surface area contributed by atoms with Crippen molar-refractivity contribution in [3.05, 3.63) is 30.1 Å². The fourth-order valence-electron chi connectivity index (χ4n) is 4.87. The number of morpholine rings is 1. The number of anilines is 1. The third-order valence-electron chi connectivity index (χ3n) is 6.49. The van der Waals surface area contributed by atoms with E-state index in [9.17, 15) is 14.0 Å². The maximum atomic E-state index is 13.4. The highest BCUT2D eigenvalue weighted by Gasteiger charge is 2.39. The maximum Gasteiger partial charge on any atom is 0.321 e. The molecule has 1 aromatic carbocycles. The van der Waals surface area contributed by atoms with Gasteiger partial charge in [0, 0.05) is 45.0 Å². The van der Waals surface area contributed by atoms with Crippen LogP contribution in [0.4, 0.5) is 14.9 Å². The standard InChI is InChI=1S/C22H31FN4O3/c23-18-6-3-7-19(16-18)24-22(29)27-10-8-25(9-11-27)20(17-4-1-2-5-17)21(28)26-12-14-30-15-13-26/h3,6-7,16-17,20H,1-2,4-5,8-15H2,(H,24,29). The van der Waals surface area contributed by atoms with Crippen LogP contribution in [0.5, 0.6) is 0 Å². The van der Waals surface area contributed by atoms with Gasteiger partial charge in [0.1, 0.15) is 5.82 Å². The van der Waals surface area contributed by atoms with E-state index in [1.54, 1.807) is 17.0 Å². The molecule has 1 saturated carbocycles. The number of carbonyl (C=O) groups excluding carboxylic acids is 2. The molecule has 0 aromatic heterocycles. The van der Waals surface area contributed by atoms with Crippen molar-refractivity contribution in [2.75, 3.05) is 57.8 Å². The Hall–Kier alpha value is -2.19. The summed E-state index contributed by atoms with van der Waals surface area (Å²) >= 11 is 0. The summed E-state index contributed by atoms with van der Waals surface area (Å²) in [6, 6.07) is 5.59. The maximum absolute atomic E-state index is 13.4. The SMILES string of the molecule is O=C(Nc1cccc(F)c1)N1CCN(C(C(=O)N2CCOCC2)C2CCCC2)CC1. The number of hydrogen-bond donors (Lipinski definition) is 1. The molecule has 164 valence electrons. The molecule has 1 N–H and O–H groups in total. The minimum absolute atomic E-state index is 0.0981. The first-order valence-corrected chi connectivity index (χ1v) is 11.0. The van der Waals surface area contributed by atoms with Crippen molar-refractivity contribution in [3.8, 4) is 0 Å². The summed E-state index contributed by atoms with van der Waals surface area (Å²) in [7, 11) is 0. The number of carbonyl (C=O) groups is 2. The molecule has 0 bridgehead atoms. The molecule has 1 unspecified atom stereocenters. The molecule has 3 aliphatic rings. The number of amides is 3. The molecule has 3 fully saturated rings. The van der Waals surface area contributed by atoms with E-state index in [1.165, 1.54) is 25.0 Å². The number of urea groups is 1. The van der Waals surface area contributed by atoms with E-state index in [0.717, 1.165) is 12.8 Å². The topological polar surface area (TPSA) is 65.1 Å². The second-order valence-corrected chi connectivity index (χ2v) is 8.39. The van der Waals surface area contributed by atoms with E-state index in [1.807, 2.05) is 4.90 Å². The summed E-state index contributed by atoms with van der Waals surface area (Å²) in [5.74, 6) is 0.245. The predicted molar refractivity (Wildman–Crippen MR) is 112 cm³/mol. The molecular formula is C22H31FN4O3. The van der Waals surface area contributed by atoms with E-state index in [0.29, 0.717) is 64.1 Å². The lowest BCUT2D eigenvalue weighted by molar-refractivity contribution is -0.144. The first-order valence-electron chi connectivity index (χ1n) is 11.0. The van der Waals surface area contributed by atoms with E-state index >= 15 is 0 Å². The van der Waals surface area contributed by atoms with Crippen LogP contribution in [0, 0.1) is 11.7 Å². The van der Waals surface area contributed by atoms with E-state index in [-0.39, 0.29) is 23.8 Å². The minimum atomic E-state index is -0.376. The van der Waals surface area contributed by atoms with Gasteiger partial charge in [0.05, 0.1) is 19.3 Å². The van der Waals surface area contributed by atoms with E-state index in [4.69, 9.17) is 4.74 Å². The average molecular weight is 419 g/mol. The van der Waals surface area contributed by atoms with Crippen molar-refractivity contribution in [3.63, 3.8) is 0 Å². The molecule has 1 aliphatic carbocycles. The summed E-state index contributed by atoms with van der Waals surface area (Å²) in [6.45, 7) is 5.01. The van der Waals surface area contributed by atoms with Crippen molar-refractivity contribution >= 4 is 17.6 Å². The number of rotatable bonds is 4. The van der Waals surface area contributed by atoms with Gasteiger partial charge in [0.25, 0.3) is 0 Å². The van der Waals surface area contributed by atoms with Gasteiger partial charge in [-0.3, -0.25) is 9.69 Å². The molecule has 3 amide bonds. The third kappa shape index (κ3) is 4.92. The largest absolute Gasteiger partial charge is 0.378 e. The van der Waals surface area contributed by atoms with Gasteiger partial charge in [-0.2, -0.15) is 0 Å². The number of ether oxygens (including phenoxy) is 1. The fraction of sp³-hybridized carbons (Fsp3) is 0.636. The summed E-state index contributed by atoms with van der Waals surface area (Å²) < 4.78 is 18.8. The van der Waals surface area contributed by atoms with E-state index < -0.39 is 0 Å². The van der Waals surface area contributed by atoms with Crippen LogP contribution in [0.1, 0.15) is 25.7 Å². The third-order valence-corrected chi connectivity index (χ3v) is 6.49. The smallest absolute Gasteiger partial charge is 0.321 e. The molecule has 30 heavy (non-hydrogen) atoms. The highest BCUT2D eigenvalue weighted by Crippen LogP contribution is 2.32. The molecule has 0 spiro atoms. The quantitative estimate of drug-likeness (QED) is 0.816. The molecule has 4 rings (SSSR count). The van der Waals surface area contributed by atoms with Gasteiger partial charge in [-0.05, 0) is 37.0 Å². The molecule has 2 saturated heterocycles. The van der Waals surface area contributed by atoms with Crippen molar-refractivity contribution in [2.24, 2.45) is 5.92 Å². The molecule has 0 radical (unpaired) electrons. The fourth-order valence-corrected chi connectivity index (χ4v) is 4.87. The second-order valence-electron chi connectivity index (χ2n) is 8.39. The zero-order valence-corrected chi connectivity index (χ0v) is 17.4. The number of halogens is 1. The summed E-state index contributed by atoms with van der Waals surface area (Å²) in [5.41, 5.74) is 0.453. The molecule has 2 heterocycles. The number of nitrogens with one attached hydrogen (secondary N) is 1. The molecule has 2 aliphatic heterocycles. The van der Waals surface area contributed by atoms with Crippen molar-refractivity contribution in [1.29, 1.82) is 0 Å². The average Bonchev–Trinajstić information content (AvgIpc) is 3.29. The van der Waals surface area contributed by atoms with Crippen LogP contribution in [-0.4, -0.2) is 85.2 Å². The van der Waals surface area contributed by atoms with Gasteiger partial charge in [-0.25, -0.2) is 9.18 Å². The Morgan fingerprint density at radius 3 is 2.37 bits per heavy atom. The lowest BCUT2D eigenvalue weighted by atomic mass is 9.94. The van der Waals surface area contributed by atoms with Crippen LogP contribution in [0.25, 0.3) is 0 Å². The van der Waals surface area contributed by atoms with Crippen LogP contribution < -0.4 is 5.32 Å². The van der Waals surface area contributed by atoms with Crippen LogP contribution in [0.15, 0.2) is 24.3 Å². The molecular weight excluding hydrogens is 387 g/mol. The first-order chi connectivity index (χ1) is 14.6. The van der Waals surface area contributed by atoms with Gasteiger partial charge in [-0.1, -0.05) is 18.9 Å².